The number of nitriles is 1. The van der Waals surface area contributed by atoms with Gasteiger partial charge in [0.15, 0.2) is 5.92 Å². The Morgan fingerprint density at radius 2 is 2.06 bits per heavy atom. The molecule has 0 aromatic heterocycles. The number of hydrogen-bond acceptors (Lipinski definition) is 4. The fraction of sp³-hybridized carbons (Fsp3) is 0.727. The molecule has 0 amide bonds. The molecule has 90 valence electrons. The summed E-state index contributed by atoms with van der Waals surface area (Å²) in [5, 5.41) is 17.0. The van der Waals surface area contributed by atoms with Crippen LogP contribution in [0.5, 0.6) is 0 Å². The molecule has 5 nitrogen and oxygen atoms in total. The molecule has 5 heteroatoms. The summed E-state index contributed by atoms with van der Waals surface area (Å²) >= 11 is 0. The maximum Gasteiger partial charge on any atom is 0.323 e. The van der Waals surface area contributed by atoms with E-state index in [1.54, 1.807) is 6.07 Å². The Hall–Kier alpha value is -1.57. The third kappa shape index (κ3) is 6.82. The molecule has 1 atom stereocenters. The van der Waals surface area contributed by atoms with E-state index in [2.05, 4.69) is 6.92 Å². The minimum atomic E-state index is -1.19. The molecule has 0 aromatic rings. The second-order valence-corrected chi connectivity index (χ2v) is 3.51. The molecule has 1 N–H and O–H groups in total. The van der Waals surface area contributed by atoms with Gasteiger partial charge in [0.05, 0.1) is 19.1 Å². The van der Waals surface area contributed by atoms with E-state index in [-0.39, 0.29) is 6.61 Å². The molecule has 0 rings (SSSR count). The molecular weight excluding hydrogens is 210 g/mol. The first kappa shape index (κ1) is 14.4. The summed E-state index contributed by atoms with van der Waals surface area (Å²) in [4.78, 5) is 21.6. The van der Waals surface area contributed by atoms with Crippen LogP contribution in [0.4, 0.5) is 0 Å². The van der Waals surface area contributed by atoms with Crippen LogP contribution >= 0.6 is 0 Å². The smallest absolute Gasteiger partial charge is 0.323 e. The van der Waals surface area contributed by atoms with Gasteiger partial charge in [0.1, 0.15) is 0 Å². The molecule has 0 fully saturated rings. The van der Waals surface area contributed by atoms with Crippen molar-refractivity contribution >= 4 is 11.9 Å². The molecule has 0 saturated carbocycles. The van der Waals surface area contributed by atoms with Crippen LogP contribution in [0.2, 0.25) is 0 Å². The molecule has 0 aliphatic rings. The summed E-state index contributed by atoms with van der Waals surface area (Å²) in [5.74, 6) is -3.10. The molecule has 16 heavy (non-hydrogen) atoms. The number of hydrogen-bond donors (Lipinski definition) is 1. The number of carboxylic acids is 1. The summed E-state index contributed by atoms with van der Waals surface area (Å²) in [6, 6.07) is 1.63. The topological polar surface area (TPSA) is 87.4 Å². The number of esters is 1. The molecule has 0 radical (unpaired) electrons. The molecule has 0 aromatic carbocycles. The molecular formula is C11H17NO4. The van der Waals surface area contributed by atoms with E-state index in [1.165, 1.54) is 0 Å². The molecule has 0 spiro atoms. The number of aliphatic carboxylic acids is 1. The van der Waals surface area contributed by atoms with Crippen molar-refractivity contribution in [2.45, 2.75) is 39.0 Å². The van der Waals surface area contributed by atoms with Crippen molar-refractivity contribution < 1.29 is 19.4 Å². The lowest BCUT2D eigenvalue weighted by molar-refractivity contribution is -0.151. The summed E-state index contributed by atoms with van der Waals surface area (Å²) in [7, 11) is 0. The van der Waals surface area contributed by atoms with Crippen molar-refractivity contribution in [3.05, 3.63) is 0 Å². The highest BCUT2D eigenvalue weighted by Crippen LogP contribution is 2.06. The SMILES string of the molecule is CCCCCCOC(=O)C(C#N)CC(=O)O. The molecule has 0 aliphatic carbocycles. The number of unbranched alkanes of at least 4 members (excludes halogenated alkanes) is 3. The first-order valence-corrected chi connectivity index (χ1v) is 5.39. The van der Waals surface area contributed by atoms with E-state index in [1.807, 2.05) is 0 Å². The van der Waals surface area contributed by atoms with Crippen LogP contribution in [0.15, 0.2) is 0 Å². The normalized spacial score (nSPS) is 11.5. The molecule has 0 bridgehead atoms. The molecule has 0 aliphatic heterocycles. The number of carbonyl (C=O) groups is 2. The molecule has 1 unspecified atom stereocenters. The van der Waals surface area contributed by atoms with Gasteiger partial charge in [-0.05, 0) is 6.42 Å². The second-order valence-electron chi connectivity index (χ2n) is 3.51. The fourth-order valence-corrected chi connectivity index (χ4v) is 1.16. The van der Waals surface area contributed by atoms with Gasteiger partial charge in [0.25, 0.3) is 0 Å². The Morgan fingerprint density at radius 1 is 1.38 bits per heavy atom. The maximum absolute atomic E-state index is 11.2. The first-order valence-electron chi connectivity index (χ1n) is 5.39. The van der Waals surface area contributed by atoms with Gasteiger partial charge >= 0.3 is 11.9 Å². The average molecular weight is 227 g/mol. The van der Waals surface area contributed by atoms with Crippen LogP contribution in [-0.2, 0) is 14.3 Å². The van der Waals surface area contributed by atoms with Crippen molar-refractivity contribution in [2.75, 3.05) is 6.61 Å². The van der Waals surface area contributed by atoms with Crippen LogP contribution in [0.3, 0.4) is 0 Å². The standard InChI is InChI=1S/C11H17NO4/c1-2-3-4-5-6-16-11(15)9(8-12)7-10(13)14/h9H,2-7H2,1H3,(H,13,14). The first-order chi connectivity index (χ1) is 7.61. The van der Waals surface area contributed by atoms with Crippen LogP contribution in [0.1, 0.15) is 39.0 Å². The van der Waals surface area contributed by atoms with E-state index >= 15 is 0 Å². The number of rotatable bonds is 8. The quantitative estimate of drug-likeness (QED) is 0.504. The van der Waals surface area contributed by atoms with Crippen LogP contribution in [-0.4, -0.2) is 23.7 Å². The van der Waals surface area contributed by atoms with Gasteiger partial charge in [-0.3, -0.25) is 9.59 Å². The Morgan fingerprint density at radius 3 is 2.56 bits per heavy atom. The lowest BCUT2D eigenvalue weighted by Crippen LogP contribution is -2.19. The van der Waals surface area contributed by atoms with E-state index in [0.717, 1.165) is 25.7 Å². The lowest BCUT2D eigenvalue weighted by atomic mass is 10.1. The van der Waals surface area contributed by atoms with E-state index in [0.29, 0.717) is 0 Å². The highest BCUT2D eigenvalue weighted by Gasteiger charge is 2.22. The van der Waals surface area contributed by atoms with E-state index < -0.39 is 24.3 Å². The Kier molecular flexibility index (Phi) is 7.86. The zero-order chi connectivity index (χ0) is 12.4. The molecule has 0 saturated heterocycles. The third-order valence-electron chi connectivity index (χ3n) is 2.06. The summed E-state index contributed by atoms with van der Waals surface area (Å²) < 4.78 is 4.82. The van der Waals surface area contributed by atoms with Crippen molar-refractivity contribution in [3.63, 3.8) is 0 Å². The lowest BCUT2D eigenvalue weighted by Gasteiger charge is -2.07. The fourth-order valence-electron chi connectivity index (χ4n) is 1.16. The van der Waals surface area contributed by atoms with Gasteiger partial charge in [-0.1, -0.05) is 26.2 Å². The Labute approximate surface area is 95.0 Å². The minimum Gasteiger partial charge on any atom is -0.481 e. The van der Waals surface area contributed by atoms with Crippen LogP contribution in [0.25, 0.3) is 0 Å². The summed E-state index contributed by atoms with van der Waals surface area (Å²) in [6.45, 7) is 2.33. The van der Waals surface area contributed by atoms with Crippen molar-refractivity contribution in [2.24, 2.45) is 5.92 Å². The Balaban J connectivity index is 3.77. The van der Waals surface area contributed by atoms with Crippen molar-refractivity contribution in [1.82, 2.24) is 0 Å². The highest BCUT2D eigenvalue weighted by atomic mass is 16.5. The average Bonchev–Trinajstić information content (AvgIpc) is 2.25. The third-order valence-corrected chi connectivity index (χ3v) is 2.06. The number of carboxylic acid groups (broad SMARTS) is 1. The minimum absolute atomic E-state index is 0.261. The van der Waals surface area contributed by atoms with Gasteiger partial charge in [-0.15, -0.1) is 0 Å². The number of ether oxygens (including phenoxy) is 1. The van der Waals surface area contributed by atoms with Crippen LogP contribution in [0, 0.1) is 17.2 Å². The van der Waals surface area contributed by atoms with Gasteiger partial charge in [0, 0.05) is 0 Å². The van der Waals surface area contributed by atoms with Crippen molar-refractivity contribution in [1.29, 1.82) is 5.26 Å². The van der Waals surface area contributed by atoms with Gasteiger partial charge in [0.2, 0.25) is 0 Å². The zero-order valence-corrected chi connectivity index (χ0v) is 9.44. The largest absolute Gasteiger partial charge is 0.481 e. The molecule has 0 heterocycles. The van der Waals surface area contributed by atoms with Crippen LogP contribution < -0.4 is 0 Å². The highest BCUT2D eigenvalue weighted by molar-refractivity contribution is 5.81. The van der Waals surface area contributed by atoms with Gasteiger partial charge in [-0.2, -0.15) is 5.26 Å². The van der Waals surface area contributed by atoms with Gasteiger partial charge < -0.3 is 9.84 Å². The van der Waals surface area contributed by atoms with Crippen molar-refractivity contribution in [3.8, 4) is 6.07 Å². The van der Waals surface area contributed by atoms with E-state index in [4.69, 9.17) is 15.1 Å². The zero-order valence-electron chi connectivity index (χ0n) is 9.44. The van der Waals surface area contributed by atoms with Gasteiger partial charge in [-0.25, -0.2) is 0 Å². The Bertz CT molecular complexity index is 270. The summed E-state index contributed by atoms with van der Waals surface area (Å²) in [5.41, 5.74) is 0. The predicted molar refractivity (Wildman–Crippen MR) is 56.5 cm³/mol. The second kappa shape index (κ2) is 8.72. The maximum atomic E-state index is 11.2. The van der Waals surface area contributed by atoms with E-state index in [9.17, 15) is 9.59 Å². The number of carbonyl (C=O) groups excluding carboxylic acids is 1. The number of nitrogens with zero attached hydrogens (tertiary/aromatic N) is 1. The predicted octanol–water partition coefficient (Wildman–Crippen LogP) is 1.72. The monoisotopic (exact) mass is 227 g/mol. The summed E-state index contributed by atoms with van der Waals surface area (Å²) in [6.07, 6.45) is 3.40.